The van der Waals surface area contributed by atoms with E-state index in [4.69, 9.17) is 5.14 Å². The van der Waals surface area contributed by atoms with Crippen LogP contribution in [0, 0.1) is 13.8 Å². The number of carbonyl (C=O) groups is 1. The van der Waals surface area contributed by atoms with E-state index in [1.807, 2.05) is 13.8 Å². The molecule has 3 N–H and O–H groups in total. The summed E-state index contributed by atoms with van der Waals surface area (Å²) in [5.74, 6) is -0.290. The van der Waals surface area contributed by atoms with Crippen molar-refractivity contribution in [2.45, 2.75) is 25.3 Å². The minimum absolute atomic E-state index is 0.0229. The van der Waals surface area contributed by atoms with Crippen molar-refractivity contribution in [2.24, 2.45) is 5.14 Å². The van der Waals surface area contributed by atoms with E-state index in [1.165, 1.54) is 35.6 Å². The Morgan fingerprint density at radius 2 is 1.90 bits per heavy atom. The number of hydrogen-bond donors (Lipinski definition) is 2. The van der Waals surface area contributed by atoms with Gasteiger partial charge in [-0.2, -0.15) is 0 Å². The molecule has 2 rings (SSSR count). The first-order valence-electron chi connectivity index (χ1n) is 6.11. The van der Waals surface area contributed by atoms with Gasteiger partial charge in [-0.25, -0.2) is 18.5 Å². The number of carbonyl (C=O) groups excluding carboxylic acids is 1. The maximum absolute atomic E-state index is 12.0. The monoisotopic (exact) mass is 325 g/mol. The average Bonchev–Trinajstić information content (AvgIpc) is 2.74. The summed E-state index contributed by atoms with van der Waals surface area (Å²) >= 11 is 1.54. The molecule has 1 amide bonds. The van der Waals surface area contributed by atoms with E-state index in [0.717, 1.165) is 15.6 Å². The van der Waals surface area contributed by atoms with Crippen LogP contribution in [-0.4, -0.2) is 19.3 Å². The van der Waals surface area contributed by atoms with Crippen LogP contribution in [0.2, 0.25) is 0 Å². The van der Waals surface area contributed by atoms with E-state index < -0.39 is 10.0 Å². The van der Waals surface area contributed by atoms with Gasteiger partial charge < -0.3 is 5.32 Å². The number of aromatic nitrogens is 1. The van der Waals surface area contributed by atoms with E-state index >= 15 is 0 Å². The van der Waals surface area contributed by atoms with Gasteiger partial charge in [-0.1, -0.05) is 0 Å². The van der Waals surface area contributed by atoms with Gasteiger partial charge in [-0.15, -0.1) is 11.3 Å². The molecule has 6 nitrogen and oxygen atoms in total. The SMILES string of the molecule is Cc1nc(CNC(=O)c2ccc(S(N)(=O)=O)cc2)sc1C. The quantitative estimate of drug-likeness (QED) is 0.885. The average molecular weight is 325 g/mol. The highest BCUT2D eigenvalue weighted by Crippen LogP contribution is 2.16. The van der Waals surface area contributed by atoms with Crippen molar-refractivity contribution in [3.05, 3.63) is 45.4 Å². The van der Waals surface area contributed by atoms with Gasteiger partial charge in [0, 0.05) is 10.4 Å². The third-order valence-electron chi connectivity index (χ3n) is 2.92. The predicted molar refractivity (Wildman–Crippen MR) is 80.6 cm³/mol. The minimum atomic E-state index is -3.74. The lowest BCUT2D eigenvalue weighted by molar-refractivity contribution is 0.0950. The van der Waals surface area contributed by atoms with Crippen molar-refractivity contribution in [3.8, 4) is 0 Å². The molecular weight excluding hydrogens is 310 g/mol. The molecular formula is C13H15N3O3S2. The van der Waals surface area contributed by atoms with Crippen LogP contribution in [0.15, 0.2) is 29.2 Å². The maximum atomic E-state index is 12.0. The van der Waals surface area contributed by atoms with E-state index in [2.05, 4.69) is 10.3 Å². The van der Waals surface area contributed by atoms with Crippen molar-refractivity contribution in [1.29, 1.82) is 0 Å². The number of nitrogens with zero attached hydrogens (tertiary/aromatic N) is 1. The van der Waals surface area contributed by atoms with Crippen molar-refractivity contribution < 1.29 is 13.2 Å². The van der Waals surface area contributed by atoms with Crippen molar-refractivity contribution in [3.63, 3.8) is 0 Å². The fourth-order valence-corrected chi connectivity index (χ4v) is 3.06. The summed E-state index contributed by atoms with van der Waals surface area (Å²) in [5.41, 5.74) is 1.33. The standard InChI is InChI=1S/C13H15N3O3S2/c1-8-9(2)20-12(16-8)7-15-13(17)10-3-5-11(6-4-10)21(14,18)19/h3-6H,7H2,1-2H3,(H,15,17)(H2,14,18,19). The number of primary sulfonamides is 1. The molecule has 0 bridgehead atoms. The molecule has 0 aliphatic rings. The number of benzene rings is 1. The molecule has 1 heterocycles. The maximum Gasteiger partial charge on any atom is 0.251 e. The number of amides is 1. The van der Waals surface area contributed by atoms with E-state index in [-0.39, 0.29) is 10.8 Å². The fourth-order valence-electron chi connectivity index (χ4n) is 1.67. The van der Waals surface area contributed by atoms with E-state index in [0.29, 0.717) is 12.1 Å². The van der Waals surface area contributed by atoms with Crippen LogP contribution in [0.1, 0.15) is 25.9 Å². The third-order valence-corrected chi connectivity index (χ3v) is 4.92. The zero-order valence-electron chi connectivity index (χ0n) is 11.6. The first kappa shape index (κ1) is 15.6. The molecule has 112 valence electrons. The highest BCUT2D eigenvalue weighted by molar-refractivity contribution is 7.89. The van der Waals surface area contributed by atoms with Crippen LogP contribution in [0.5, 0.6) is 0 Å². The number of thiazole rings is 1. The van der Waals surface area contributed by atoms with Gasteiger partial charge in [0.05, 0.1) is 17.1 Å². The summed E-state index contributed by atoms with van der Waals surface area (Å²) in [6, 6.07) is 5.46. The Kier molecular flexibility index (Phi) is 4.40. The molecule has 8 heteroatoms. The largest absolute Gasteiger partial charge is 0.346 e. The molecule has 0 atom stereocenters. The summed E-state index contributed by atoms with van der Waals surface area (Å²) in [6.07, 6.45) is 0. The normalized spacial score (nSPS) is 11.4. The number of nitrogens with one attached hydrogen (secondary N) is 1. The molecule has 0 aliphatic carbocycles. The molecule has 0 unspecified atom stereocenters. The first-order chi connectivity index (χ1) is 9.77. The van der Waals surface area contributed by atoms with Gasteiger partial charge in [0.15, 0.2) is 0 Å². The van der Waals surface area contributed by atoms with Crippen molar-refractivity contribution in [2.75, 3.05) is 0 Å². The van der Waals surface area contributed by atoms with Gasteiger partial charge >= 0.3 is 0 Å². The Bertz CT molecular complexity index is 745. The number of rotatable bonds is 4. The zero-order chi connectivity index (χ0) is 15.6. The van der Waals surface area contributed by atoms with Gasteiger partial charge in [0.25, 0.3) is 5.91 Å². The molecule has 1 aromatic carbocycles. The first-order valence-corrected chi connectivity index (χ1v) is 8.47. The molecule has 0 spiro atoms. The molecule has 0 saturated heterocycles. The molecule has 0 aliphatic heterocycles. The second kappa shape index (κ2) is 5.92. The van der Waals surface area contributed by atoms with E-state index in [1.54, 1.807) is 0 Å². The molecule has 2 aromatic rings. The lowest BCUT2D eigenvalue weighted by Crippen LogP contribution is -2.22. The smallest absolute Gasteiger partial charge is 0.251 e. The summed E-state index contributed by atoms with van der Waals surface area (Å²) < 4.78 is 22.3. The van der Waals surface area contributed by atoms with Gasteiger partial charge in [-0.05, 0) is 38.1 Å². The Morgan fingerprint density at radius 3 is 2.38 bits per heavy atom. The molecule has 1 aromatic heterocycles. The third kappa shape index (κ3) is 3.87. The lowest BCUT2D eigenvalue weighted by atomic mass is 10.2. The number of hydrogen-bond acceptors (Lipinski definition) is 5. The second-order valence-electron chi connectivity index (χ2n) is 4.50. The summed E-state index contributed by atoms with van der Waals surface area (Å²) in [5, 5.41) is 8.57. The minimum Gasteiger partial charge on any atom is -0.346 e. The fraction of sp³-hybridized carbons (Fsp3) is 0.231. The predicted octanol–water partition coefficient (Wildman–Crippen LogP) is 1.34. The summed E-state index contributed by atoms with van der Waals surface area (Å²) in [6.45, 7) is 4.24. The highest BCUT2D eigenvalue weighted by Gasteiger charge is 2.11. The Morgan fingerprint density at radius 1 is 1.29 bits per heavy atom. The number of nitrogens with two attached hydrogens (primary N) is 1. The van der Waals surface area contributed by atoms with Gasteiger partial charge in [-0.3, -0.25) is 4.79 Å². The van der Waals surface area contributed by atoms with Gasteiger partial charge in [0.2, 0.25) is 10.0 Å². The Labute approximate surface area is 127 Å². The molecule has 21 heavy (non-hydrogen) atoms. The van der Waals surface area contributed by atoms with Gasteiger partial charge in [0.1, 0.15) is 5.01 Å². The molecule has 0 fully saturated rings. The summed E-state index contributed by atoms with van der Waals surface area (Å²) in [7, 11) is -3.74. The second-order valence-corrected chi connectivity index (χ2v) is 7.35. The van der Waals surface area contributed by atoms with Crippen LogP contribution < -0.4 is 10.5 Å². The lowest BCUT2D eigenvalue weighted by Gasteiger charge is -2.04. The number of sulfonamides is 1. The highest BCUT2D eigenvalue weighted by atomic mass is 32.2. The number of aryl methyl sites for hydroxylation is 2. The van der Waals surface area contributed by atoms with Crippen LogP contribution in [0.3, 0.4) is 0 Å². The van der Waals surface area contributed by atoms with Crippen molar-refractivity contribution in [1.82, 2.24) is 10.3 Å². The molecule has 0 radical (unpaired) electrons. The Hall–Kier alpha value is -1.77. The molecule has 0 saturated carbocycles. The summed E-state index contributed by atoms with van der Waals surface area (Å²) in [4.78, 5) is 17.4. The topological polar surface area (TPSA) is 102 Å². The van der Waals surface area contributed by atoms with Crippen LogP contribution in [0.25, 0.3) is 0 Å². The Balaban J connectivity index is 2.03. The zero-order valence-corrected chi connectivity index (χ0v) is 13.2. The van der Waals surface area contributed by atoms with Crippen LogP contribution in [-0.2, 0) is 16.6 Å². The van der Waals surface area contributed by atoms with E-state index in [9.17, 15) is 13.2 Å². The van der Waals surface area contributed by atoms with Crippen LogP contribution in [0.4, 0.5) is 0 Å². The van der Waals surface area contributed by atoms with Crippen LogP contribution >= 0.6 is 11.3 Å². The van der Waals surface area contributed by atoms with Crippen molar-refractivity contribution >= 4 is 27.3 Å².